The zero-order valence-electron chi connectivity index (χ0n) is 12.0. The van der Waals surface area contributed by atoms with Crippen LogP contribution in [0.4, 0.5) is 18.0 Å². The van der Waals surface area contributed by atoms with E-state index in [4.69, 9.17) is 16.3 Å². The highest BCUT2D eigenvalue weighted by Crippen LogP contribution is 2.32. The minimum absolute atomic E-state index is 0.0165. The van der Waals surface area contributed by atoms with Crippen LogP contribution >= 0.6 is 11.6 Å². The first-order valence-electron chi connectivity index (χ1n) is 6.57. The van der Waals surface area contributed by atoms with Crippen molar-refractivity contribution in [1.82, 2.24) is 15.1 Å². The Bertz CT molecular complexity index is 701. The molecule has 2 rings (SSSR count). The van der Waals surface area contributed by atoms with E-state index in [2.05, 4.69) is 10.4 Å². The summed E-state index contributed by atoms with van der Waals surface area (Å²) in [5.41, 5.74) is -0.356. The summed E-state index contributed by atoms with van der Waals surface area (Å²) >= 11 is 5.48. The Hall–Kier alpha value is -2.22. The van der Waals surface area contributed by atoms with E-state index in [0.717, 1.165) is 16.8 Å². The van der Waals surface area contributed by atoms with Gasteiger partial charge < -0.3 is 10.1 Å². The summed E-state index contributed by atoms with van der Waals surface area (Å²) in [4.78, 5) is 11.8. The molecule has 0 aliphatic heterocycles. The fourth-order valence-corrected chi connectivity index (χ4v) is 1.88. The topological polar surface area (TPSA) is 56.2 Å². The first-order valence-corrected chi connectivity index (χ1v) is 7.10. The van der Waals surface area contributed by atoms with Gasteiger partial charge in [0.2, 0.25) is 5.88 Å². The minimum atomic E-state index is -4.46. The van der Waals surface area contributed by atoms with Crippen LogP contribution in [-0.2, 0) is 6.18 Å². The molecule has 0 aliphatic carbocycles. The number of carbonyl (C=O) groups is 1. The second kappa shape index (κ2) is 6.91. The minimum Gasteiger partial charge on any atom is -0.438 e. The number of nitrogens with one attached hydrogen (secondary N) is 1. The molecule has 2 aromatic rings. The molecular weight excluding hydrogens is 335 g/mol. The lowest BCUT2D eigenvalue weighted by Gasteiger charge is -2.08. The van der Waals surface area contributed by atoms with Gasteiger partial charge in [0.05, 0.1) is 11.3 Å². The largest absolute Gasteiger partial charge is 0.438 e. The van der Waals surface area contributed by atoms with Gasteiger partial charge in [0.25, 0.3) is 0 Å². The van der Waals surface area contributed by atoms with Crippen LogP contribution in [-0.4, -0.2) is 28.2 Å². The van der Waals surface area contributed by atoms with Gasteiger partial charge in [-0.3, -0.25) is 0 Å². The molecule has 0 spiro atoms. The molecule has 1 aromatic carbocycles. The molecule has 0 saturated carbocycles. The van der Waals surface area contributed by atoms with Crippen molar-refractivity contribution >= 4 is 17.6 Å². The van der Waals surface area contributed by atoms with Gasteiger partial charge in [-0.15, -0.1) is 16.7 Å². The normalized spacial score (nSPS) is 11.3. The first-order chi connectivity index (χ1) is 10.8. The monoisotopic (exact) mass is 347 g/mol. The van der Waals surface area contributed by atoms with Crippen molar-refractivity contribution in [1.29, 1.82) is 0 Å². The molecule has 0 unspecified atom stereocenters. The van der Waals surface area contributed by atoms with Crippen molar-refractivity contribution in [2.75, 3.05) is 12.4 Å². The van der Waals surface area contributed by atoms with Crippen molar-refractivity contribution < 1.29 is 22.7 Å². The summed E-state index contributed by atoms with van der Waals surface area (Å²) in [7, 11) is 0. The van der Waals surface area contributed by atoms with Crippen LogP contribution in [0.15, 0.2) is 30.3 Å². The fraction of sp³-hybridized carbons (Fsp3) is 0.286. The standard InChI is InChI=1S/C14H13ClF3N3O2/c1-9-7-12(20-21(9)13(22)19-6-5-15)23-11-4-2-3-10(8-11)14(16,17)18/h2-4,7-8H,5-6H2,1H3,(H,19,22). The second-order valence-electron chi connectivity index (χ2n) is 4.58. The zero-order valence-corrected chi connectivity index (χ0v) is 12.8. The van der Waals surface area contributed by atoms with Crippen LogP contribution in [0.25, 0.3) is 0 Å². The molecule has 0 bridgehead atoms. The van der Waals surface area contributed by atoms with Crippen LogP contribution in [0.1, 0.15) is 11.3 Å². The van der Waals surface area contributed by atoms with Gasteiger partial charge in [0.1, 0.15) is 5.75 Å². The van der Waals surface area contributed by atoms with Crippen molar-refractivity contribution in [3.8, 4) is 11.6 Å². The Morgan fingerprint density at radius 1 is 1.39 bits per heavy atom. The van der Waals surface area contributed by atoms with Crippen LogP contribution in [0.2, 0.25) is 0 Å². The van der Waals surface area contributed by atoms with E-state index in [1.165, 1.54) is 18.2 Å². The number of nitrogens with zero attached hydrogens (tertiary/aromatic N) is 2. The molecule has 23 heavy (non-hydrogen) atoms. The number of ether oxygens (including phenoxy) is 1. The highest BCUT2D eigenvalue weighted by Gasteiger charge is 2.30. The smallest absolute Gasteiger partial charge is 0.416 e. The fourth-order valence-electron chi connectivity index (χ4n) is 1.79. The summed E-state index contributed by atoms with van der Waals surface area (Å²) in [6.45, 7) is 1.88. The maximum atomic E-state index is 12.7. The number of benzene rings is 1. The maximum Gasteiger partial charge on any atom is 0.416 e. The number of aryl methyl sites for hydroxylation is 1. The Labute approximate surface area is 135 Å². The van der Waals surface area contributed by atoms with Gasteiger partial charge >= 0.3 is 12.2 Å². The Balaban J connectivity index is 2.17. The third-order valence-electron chi connectivity index (χ3n) is 2.81. The van der Waals surface area contributed by atoms with Crippen molar-refractivity contribution in [2.24, 2.45) is 0 Å². The molecule has 1 heterocycles. The number of hydrogen-bond donors (Lipinski definition) is 1. The summed E-state index contributed by atoms with van der Waals surface area (Å²) < 4.78 is 44.3. The van der Waals surface area contributed by atoms with Gasteiger partial charge in [-0.1, -0.05) is 6.07 Å². The van der Waals surface area contributed by atoms with E-state index in [-0.39, 0.29) is 24.1 Å². The average Bonchev–Trinajstić information content (AvgIpc) is 2.85. The van der Waals surface area contributed by atoms with E-state index in [1.54, 1.807) is 6.92 Å². The predicted molar refractivity (Wildman–Crippen MR) is 78.0 cm³/mol. The van der Waals surface area contributed by atoms with E-state index in [9.17, 15) is 18.0 Å². The maximum absolute atomic E-state index is 12.7. The summed E-state index contributed by atoms with van der Waals surface area (Å²) in [6, 6.07) is 5.35. The lowest BCUT2D eigenvalue weighted by Crippen LogP contribution is -2.31. The molecule has 0 aliphatic rings. The molecular formula is C14H13ClF3N3O2. The number of halogens is 4. The van der Waals surface area contributed by atoms with E-state index in [1.807, 2.05) is 0 Å². The third-order valence-corrected chi connectivity index (χ3v) is 3.00. The zero-order chi connectivity index (χ0) is 17.0. The average molecular weight is 348 g/mol. The third kappa shape index (κ3) is 4.38. The second-order valence-corrected chi connectivity index (χ2v) is 4.96. The van der Waals surface area contributed by atoms with Crippen LogP contribution in [0, 0.1) is 6.92 Å². The number of alkyl halides is 4. The SMILES string of the molecule is Cc1cc(Oc2cccc(C(F)(F)F)c2)nn1C(=O)NCCCl. The summed E-state index contributed by atoms with van der Waals surface area (Å²) in [5, 5.41) is 6.43. The molecule has 124 valence electrons. The molecule has 0 radical (unpaired) electrons. The highest BCUT2D eigenvalue weighted by molar-refractivity contribution is 6.18. The van der Waals surface area contributed by atoms with Gasteiger partial charge in [0.15, 0.2) is 0 Å². The Kier molecular flexibility index (Phi) is 5.15. The quantitative estimate of drug-likeness (QED) is 0.856. The number of aromatic nitrogens is 2. The molecule has 9 heteroatoms. The first kappa shape index (κ1) is 17.1. The summed E-state index contributed by atoms with van der Waals surface area (Å²) in [5.74, 6) is 0.244. The number of hydrogen-bond acceptors (Lipinski definition) is 3. The lowest BCUT2D eigenvalue weighted by molar-refractivity contribution is -0.137. The molecule has 1 amide bonds. The van der Waals surface area contributed by atoms with Crippen LogP contribution < -0.4 is 10.1 Å². The molecule has 0 fully saturated rings. The van der Waals surface area contributed by atoms with Crippen LogP contribution in [0.3, 0.4) is 0 Å². The van der Waals surface area contributed by atoms with Crippen molar-refractivity contribution in [3.63, 3.8) is 0 Å². The molecule has 0 saturated heterocycles. The summed E-state index contributed by atoms with van der Waals surface area (Å²) in [6.07, 6.45) is -4.46. The van der Waals surface area contributed by atoms with Crippen molar-refractivity contribution in [3.05, 3.63) is 41.6 Å². The highest BCUT2D eigenvalue weighted by atomic mass is 35.5. The number of amides is 1. The Morgan fingerprint density at radius 3 is 2.78 bits per heavy atom. The van der Waals surface area contributed by atoms with Crippen LogP contribution in [0.5, 0.6) is 11.6 Å². The molecule has 1 N–H and O–H groups in total. The number of rotatable bonds is 4. The lowest BCUT2D eigenvalue weighted by atomic mass is 10.2. The van der Waals surface area contributed by atoms with E-state index < -0.39 is 17.8 Å². The van der Waals surface area contributed by atoms with Gasteiger partial charge in [-0.25, -0.2) is 4.79 Å². The molecule has 1 aromatic heterocycles. The Morgan fingerprint density at radius 2 is 2.13 bits per heavy atom. The molecule has 5 nitrogen and oxygen atoms in total. The van der Waals surface area contributed by atoms with E-state index in [0.29, 0.717) is 5.69 Å². The predicted octanol–water partition coefficient (Wildman–Crippen LogP) is 3.80. The number of carbonyl (C=O) groups excluding carboxylic acids is 1. The van der Waals surface area contributed by atoms with Crippen molar-refractivity contribution in [2.45, 2.75) is 13.1 Å². The molecule has 0 atom stereocenters. The van der Waals surface area contributed by atoms with Gasteiger partial charge in [-0.05, 0) is 25.1 Å². The van der Waals surface area contributed by atoms with E-state index >= 15 is 0 Å². The van der Waals surface area contributed by atoms with Gasteiger partial charge in [0, 0.05) is 18.5 Å². The van der Waals surface area contributed by atoms with Gasteiger partial charge in [-0.2, -0.15) is 17.9 Å².